The Labute approximate surface area is 83.1 Å². The number of aryl methyl sites for hydroxylation is 1. The van der Waals surface area contributed by atoms with Crippen molar-refractivity contribution in [3.05, 3.63) is 29.8 Å². The zero-order valence-corrected chi connectivity index (χ0v) is 8.99. The molecule has 1 aromatic carbocycles. The summed E-state index contributed by atoms with van der Waals surface area (Å²) in [5.41, 5.74) is 1.04. The zero-order chi connectivity index (χ0) is 10.6. The summed E-state index contributed by atoms with van der Waals surface area (Å²) in [7, 11) is -4.18. The molecule has 0 saturated heterocycles. The minimum Gasteiger partial charge on any atom is -0.746 e. The largest absolute Gasteiger partial charge is 0.746 e. The van der Waals surface area contributed by atoms with Gasteiger partial charge in [0.05, 0.1) is 6.61 Å². The summed E-state index contributed by atoms with van der Waals surface area (Å²) in [5.74, 6) is 0.266. The summed E-state index contributed by atoms with van der Waals surface area (Å²) in [4.78, 5) is 11.1. The van der Waals surface area contributed by atoms with Crippen LogP contribution in [0, 0.1) is 6.92 Å². The summed E-state index contributed by atoms with van der Waals surface area (Å²) in [6.07, 6.45) is 0. The highest BCUT2D eigenvalue weighted by molar-refractivity contribution is 7.46. The Bertz CT molecular complexity index is 333. The van der Waals surface area contributed by atoms with Crippen LogP contribution in [0.4, 0.5) is 0 Å². The van der Waals surface area contributed by atoms with E-state index >= 15 is 0 Å². The molecule has 0 heterocycles. The van der Waals surface area contributed by atoms with E-state index in [9.17, 15) is 9.46 Å². The van der Waals surface area contributed by atoms with Gasteiger partial charge in [0.2, 0.25) is 0 Å². The predicted octanol–water partition coefficient (Wildman–Crippen LogP) is 1.88. The second kappa shape index (κ2) is 4.60. The van der Waals surface area contributed by atoms with E-state index < -0.39 is 7.82 Å². The molecule has 0 spiro atoms. The number of rotatable bonds is 4. The van der Waals surface area contributed by atoms with Crippen LogP contribution in [0.15, 0.2) is 24.3 Å². The molecule has 0 N–H and O–H groups in total. The van der Waals surface area contributed by atoms with E-state index in [2.05, 4.69) is 9.05 Å². The molecule has 0 aliphatic heterocycles. The van der Waals surface area contributed by atoms with Crippen molar-refractivity contribution in [2.75, 3.05) is 6.61 Å². The van der Waals surface area contributed by atoms with Crippen LogP contribution < -0.4 is 9.42 Å². The molecule has 78 valence electrons. The lowest BCUT2D eigenvalue weighted by Gasteiger charge is -2.22. The summed E-state index contributed by atoms with van der Waals surface area (Å²) in [5, 5.41) is 0. The Morgan fingerprint density at radius 1 is 1.36 bits per heavy atom. The Morgan fingerprint density at radius 3 is 2.43 bits per heavy atom. The molecular weight excluding hydrogens is 203 g/mol. The third kappa shape index (κ3) is 3.50. The van der Waals surface area contributed by atoms with Gasteiger partial charge in [-0.25, -0.2) is 0 Å². The van der Waals surface area contributed by atoms with E-state index in [0.29, 0.717) is 0 Å². The van der Waals surface area contributed by atoms with Crippen molar-refractivity contribution in [1.82, 2.24) is 0 Å². The third-order valence-corrected chi connectivity index (χ3v) is 2.53. The van der Waals surface area contributed by atoms with Crippen LogP contribution in [0.3, 0.4) is 0 Å². The van der Waals surface area contributed by atoms with Crippen molar-refractivity contribution in [3.63, 3.8) is 0 Å². The van der Waals surface area contributed by atoms with E-state index in [1.54, 1.807) is 31.2 Å². The molecule has 1 aromatic rings. The fourth-order valence-electron chi connectivity index (χ4n) is 0.913. The average Bonchev–Trinajstić information content (AvgIpc) is 2.08. The molecule has 1 atom stereocenters. The normalized spacial score (nSPS) is 14.8. The first-order valence-electron chi connectivity index (χ1n) is 4.25. The third-order valence-electron chi connectivity index (χ3n) is 1.53. The van der Waals surface area contributed by atoms with Crippen LogP contribution in [0.25, 0.3) is 0 Å². The van der Waals surface area contributed by atoms with Gasteiger partial charge in [0.1, 0.15) is 5.75 Å². The highest BCUT2D eigenvalue weighted by atomic mass is 31.2. The van der Waals surface area contributed by atoms with E-state index in [4.69, 9.17) is 0 Å². The first-order chi connectivity index (χ1) is 6.53. The average molecular weight is 215 g/mol. The minimum absolute atomic E-state index is 0.0760. The number of benzene rings is 1. The fourth-order valence-corrected chi connectivity index (χ4v) is 1.66. The highest BCUT2D eigenvalue weighted by Crippen LogP contribution is 2.39. The van der Waals surface area contributed by atoms with Crippen LogP contribution >= 0.6 is 7.82 Å². The predicted molar refractivity (Wildman–Crippen MR) is 51.0 cm³/mol. The molecule has 0 radical (unpaired) electrons. The molecule has 0 fully saturated rings. The lowest BCUT2D eigenvalue weighted by Crippen LogP contribution is -2.10. The standard InChI is InChI=1S/C9H13O4P/c1-3-12-14(10,11)13-9-6-4-8(2)5-7-9/h4-7H,3H2,1-2H3,(H,10,11)/p-1. The van der Waals surface area contributed by atoms with Crippen molar-refractivity contribution in [2.45, 2.75) is 13.8 Å². The molecular formula is C9H12O4P-. The lowest BCUT2D eigenvalue weighted by atomic mass is 10.2. The Morgan fingerprint density at radius 2 is 1.93 bits per heavy atom. The molecule has 0 aliphatic carbocycles. The molecule has 0 saturated carbocycles. The maximum atomic E-state index is 11.1. The zero-order valence-electron chi connectivity index (χ0n) is 8.10. The van der Waals surface area contributed by atoms with Gasteiger partial charge in [0.15, 0.2) is 0 Å². The van der Waals surface area contributed by atoms with Crippen LogP contribution in [-0.4, -0.2) is 6.61 Å². The minimum atomic E-state index is -4.18. The molecule has 1 unspecified atom stereocenters. The number of hydrogen-bond acceptors (Lipinski definition) is 4. The molecule has 0 amide bonds. The van der Waals surface area contributed by atoms with E-state index in [1.165, 1.54) is 0 Å². The maximum Gasteiger partial charge on any atom is 0.319 e. The van der Waals surface area contributed by atoms with Gasteiger partial charge in [-0.05, 0) is 26.0 Å². The lowest BCUT2D eigenvalue weighted by molar-refractivity contribution is -0.216. The van der Waals surface area contributed by atoms with Crippen molar-refractivity contribution < 1.29 is 18.5 Å². The number of hydrogen-bond donors (Lipinski definition) is 0. The van der Waals surface area contributed by atoms with Crippen LogP contribution in [0.2, 0.25) is 0 Å². The topological polar surface area (TPSA) is 58.6 Å². The van der Waals surface area contributed by atoms with Gasteiger partial charge in [0, 0.05) is 0 Å². The molecule has 14 heavy (non-hydrogen) atoms. The Balaban J connectivity index is 2.69. The molecule has 1 rings (SSSR count). The van der Waals surface area contributed by atoms with Crippen LogP contribution in [-0.2, 0) is 9.09 Å². The second-order valence-electron chi connectivity index (χ2n) is 2.77. The van der Waals surface area contributed by atoms with E-state index in [1.807, 2.05) is 6.92 Å². The Kier molecular flexibility index (Phi) is 3.69. The first-order valence-corrected chi connectivity index (χ1v) is 5.71. The van der Waals surface area contributed by atoms with Gasteiger partial charge in [-0.3, -0.25) is 4.57 Å². The van der Waals surface area contributed by atoms with Gasteiger partial charge in [0.25, 0.3) is 0 Å². The highest BCUT2D eigenvalue weighted by Gasteiger charge is 2.09. The number of phosphoric acid groups is 1. The quantitative estimate of drug-likeness (QED) is 0.719. The second-order valence-corrected chi connectivity index (χ2v) is 4.10. The molecule has 5 heteroatoms. The Hall–Kier alpha value is -0.830. The van der Waals surface area contributed by atoms with Gasteiger partial charge in [-0.15, -0.1) is 0 Å². The van der Waals surface area contributed by atoms with Crippen molar-refractivity contribution >= 4 is 7.82 Å². The molecule has 0 bridgehead atoms. The summed E-state index contributed by atoms with van der Waals surface area (Å²) >= 11 is 0. The van der Waals surface area contributed by atoms with Crippen LogP contribution in [0.5, 0.6) is 5.75 Å². The van der Waals surface area contributed by atoms with Gasteiger partial charge in [-0.2, -0.15) is 0 Å². The summed E-state index contributed by atoms with van der Waals surface area (Å²) < 4.78 is 20.2. The van der Waals surface area contributed by atoms with Crippen molar-refractivity contribution in [3.8, 4) is 5.75 Å². The molecule has 4 nitrogen and oxygen atoms in total. The van der Waals surface area contributed by atoms with Gasteiger partial charge >= 0.3 is 7.82 Å². The summed E-state index contributed by atoms with van der Waals surface area (Å²) in [6.45, 7) is 3.57. The van der Waals surface area contributed by atoms with E-state index in [0.717, 1.165) is 5.56 Å². The van der Waals surface area contributed by atoms with Gasteiger partial charge < -0.3 is 13.9 Å². The first kappa shape index (κ1) is 11.2. The van der Waals surface area contributed by atoms with Crippen LogP contribution in [0.1, 0.15) is 12.5 Å². The maximum absolute atomic E-state index is 11.1. The van der Waals surface area contributed by atoms with Crippen molar-refractivity contribution in [1.29, 1.82) is 0 Å². The smallest absolute Gasteiger partial charge is 0.319 e. The molecule has 0 aromatic heterocycles. The SMILES string of the molecule is CCOP(=O)([O-])Oc1ccc(C)cc1. The summed E-state index contributed by atoms with van der Waals surface area (Å²) in [6, 6.07) is 6.69. The number of phosphoric ester groups is 1. The monoisotopic (exact) mass is 215 g/mol. The van der Waals surface area contributed by atoms with E-state index in [-0.39, 0.29) is 12.4 Å². The van der Waals surface area contributed by atoms with Gasteiger partial charge in [-0.1, -0.05) is 17.7 Å². The fraction of sp³-hybridized carbons (Fsp3) is 0.333. The molecule has 0 aliphatic rings. The van der Waals surface area contributed by atoms with Crippen molar-refractivity contribution in [2.24, 2.45) is 0 Å².